The van der Waals surface area contributed by atoms with Crippen molar-refractivity contribution in [1.29, 1.82) is 0 Å². The van der Waals surface area contributed by atoms with Gasteiger partial charge >= 0.3 is 5.97 Å². The van der Waals surface area contributed by atoms with Crippen molar-refractivity contribution in [2.24, 2.45) is 10.7 Å². The van der Waals surface area contributed by atoms with Crippen molar-refractivity contribution < 1.29 is 15.0 Å². The van der Waals surface area contributed by atoms with Crippen molar-refractivity contribution in [3.05, 3.63) is 36.0 Å². The summed E-state index contributed by atoms with van der Waals surface area (Å²) in [7, 11) is 0. The summed E-state index contributed by atoms with van der Waals surface area (Å²) in [6, 6.07) is 6.37. The van der Waals surface area contributed by atoms with Crippen LogP contribution >= 0.6 is 0 Å². The Hall–Kier alpha value is -2.30. The molecule has 0 saturated carbocycles. The van der Waals surface area contributed by atoms with Crippen LogP contribution in [0, 0.1) is 0 Å². The smallest absolute Gasteiger partial charge is 0.371 e. The Labute approximate surface area is 86.2 Å². The molecule has 0 atom stereocenters. The first-order chi connectivity index (χ1) is 7.09. The third kappa shape index (κ3) is 3.51. The summed E-state index contributed by atoms with van der Waals surface area (Å²) in [6.45, 7) is 0. The van der Waals surface area contributed by atoms with Gasteiger partial charge in [-0.05, 0) is 23.8 Å². The molecule has 78 valence electrons. The fourth-order valence-corrected chi connectivity index (χ4v) is 0.844. The lowest BCUT2D eigenvalue weighted by Gasteiger charge is -1.92. The van der Waals surface area contributed by atoms with Gasteiger partial charge in [0, 0.05) is 6.20 Å². The number of benzene rings is 1. The van der Waals surface area contributed by atoms with E-state index in [1.165, 1.54) is 18.3 Å². The van der Waals surface area contributed by atoms with Crippen LogP contribution in [0.3, 0.4) is 0 Å². The van der Waals surface area contributed by atoms with Crippen molar-refractivity contribution in [3.8, 4) is 5.75 Å². The van der Waals surface area contributed by atoms with Gasteiger partial charge in [-0.15, -0.1) is 0 Å². The van der Waals surface area contributed by atoms with E-state index in [0.717, 1.165) is 5.56 Å². The van der Waals surface area contributed by atoms with Crippen LogP contribution in [0.4, 0.5) is 0 Å². The predicted molar refractivity (Wildman–Crippen MR) is 56.4 cm³/mol. The van der Waals surface area contributed by atoms with Crippen molar-refractivity contribution in [2.45, 2.75) is 0 Å². The number of phenolic OH excluding ortho intramolecular Hbond substituents is 1. The van der Waals surface area contributed by atoms with Gasteiger partial charge in [0.1, 0.15) is 5.75 Å². The fraction of sp³-hybridized carbons (Fsp3) is 0. The number of carboxylic acids is 1. The Bertz CT molecular complexity index is 407. The number of nitrogens with zero attached hydrogens (tertiary/aromatic N) is 1. The van der Waals surface area contributed by atoms with Crippen LogP contribution in [-0.4, -0.2) is 22.0 Å². The average molecular weight is 206 g/mol. The number of rotatable bonds is 2. The van der Waals surface area contributed by atoms with Gasteiger partial charge in [0.25, 0.3) is 0 Å². The average Bonchev–Trinajstić information content (AvgIpc) is 2.20. The molecule has 5 nitrogen and oxygen atoms in total. The molecule has 1 rings (SSSR count). The van der Waals surface area contributed by atoms with Crippen LogP contribution in [0.15, 0.2) is 35.5 Å². The van der Waals surface area contributed by atoms with Gasteiger partial charge in [-0.3, -0.25) is 0 Å². The van der Waals surface area contributed by atoms with Crippen molar-refractivity contribution in [2.75, 3.05) is 0 Å². The molecule has 0 radical (unpaired) electrons. The molecule has 0 heterocycles. The molecule has 0 spiro atoms. The van der Waals surface area contributed by atoms with Gasteiger partial charge in [0.05, 0.1) is 0 Å². The number of carboxylic acid groups (broad SMARTS) is 1. The number of nitrogens with two attached hydrogens (primary N) is 1. The van der Waals surface area contributed by atoms with E-state index in [0.29, 0.717) is 0 Å². The largest absolute Gasteiger partial charge is 0.508 e. The summed E-state index contributed by atoms with van der Waals surface area (Å²) in [6.07, 6.45) is 2.87. The number of carbonyl (C=O) groups is 1. The molecule has 0 saturated heterocycles. The normalized spacial score (nSPS) is 11.9. The Balaban J connectivity index is 2.70. The lowest BCUT2D eigenvalue weighted by molar-refractivity contribution is -0.129. The first-order valence-corrected chi connectivity index (χ1v) is 4.12. The lowest BCUT2D eigenvalue weighted by atomic mass is 10.2. The van der Waals surface area contributed by atoms with E-state index in [2.05, 4.69) is 4.99 Å². The van der Waals surface area contributed by atoms with Crippen LogP contribution in [0.25, 0.3) is 6.08 Å². The SMILES string of the molecule is NC(=N/C=C/c1ccc(O)cc1)C(=O)O. The molecule has 0 amide bonds. The second kappa shape index (κ2) is 4.80. The Morgan fingerprint density at radius 1 is 1.33 bits per heavy atom. The van der Waals surface area contributed by atoms with Gasteiger partial charge in [-0.2, -0.15) is 0 Å². The highest BCUT2D eigenvalue weighted by Crippen LogP contribution is 2.10. The molecule has 0 aliphatic heterocycles. The lowest BCUT2D eigenvalue weighted by Crippen LogP contribution is -2.22. The van der Waals surface area contributed by atoms with E-state index in [1.54, 1.807) is 18.2 Å². The minimum Gasteiger partial charge on any atom is -0.508 e. The molecule has 0 bridgehead atoms. The molecule has 4 N–H and O–H groups in total. The van der Waals surface area contributed by atoms with Crippen LogP contribution in [0.5, 0.6) is 5.75 Å². The molecule has 0 fully saturated rings. The van der Waals surface area contributed by atoms with Gasteiger partial charge in [0.2, 0.25) is 5.84 Å². The second-order valence-electron chi connectivity index (χ2n) is 2.73. The summed E-state index contributed by atoms with van der Waals surface area (Å²) in [5.41, 5.74) is 5.85. The minimum absolute atomic E-state index is 0.167. The van der Waals surface area contributed by atoms with Gasteiger partial charge < -0.3 is 15.9 Å². The topological polar surface area (TPSA) is 95.9 Å². The molecule has 0 aliphatic rings. The monoisotopic (exact) mass is 206 g/mol. The summed E-state index contributed by atoms with van der Waals surface area (Å²) >= 11 is 0. The number of phenols is 1. The van der Waals surface area contributed by atoms with Gasteiger partial charge in [0.15, 0.2) is 0 Å². The highest BCUT2D eigenvalue weighted by molar-refractivity contribution is 6.33. The van der Waals surface area contributed by atoms with E-state index in [1.807, 2.05) is 0 Å². The maximum absolute atomic E-state index is 10.3. The molecule has 0 unspecified atom stereocenters. The summed E-state index contributed by atoms with van der Waals surface area (Å²) < 4.78 is 0. The van der Waals surface area contributed by atoms with Crippen LogP contribution in [0.1, 0.15) is 5.56 Å². The van der Waals surface area contributed by atoms with Crippen molar-refractivity contribution in [1.82, 2.24) is 0 Å². The molecular formula is C10H10N2O3. The van der Waals surface area contributed by atoms with Gasteiger partial charge in [-0.1, -0.05) is 12.1 Å². The summed E-state index contributed by atoms with van der Waals surface area (Å²) in [5.74, 6) is -1.56. The quantitative estimate of drug-likeness (QED) is 0.492. The maximum atomic E-state index is 10.3. The zero-order valence-corrected chi connectivity index (χ0v) is 7.79. The number of aliphatic imine (C=N–C) groups is 1. The third-order valence-electron chi connectivity index (χ3n) is 1.59. The highest BCUT2D eigenvalue weighted by Gasteiger charge is 1.99. The molecule has 1 aromatic carbocycles. The second-order valence-corrected chi connectivity index (χ2v) is 2.73. The predicted octanol–water partition coefficient (Wildman–Crippen LogP) is 0.805. The summed E-state index contributed by atoms with van der Waals surface area (Å²) in [5, 5.41) is 17.4. The molecule has 15 heavy (non-hydrogen) atoms. The van der Waals surface area contributed by atoms with Crippen LogP contribution < -0.4 is 5.73 Å². The first kappa shape index (κ1) is 10.8. The highest BCUT2D eigenvalue weighted by atomic mass is 16.4. The number of hydrogen-bond donors (Lipinski definition) is 3. The molecular weight excluding hydrogens is 196 g/mol. The van der Waals surface area contributed by atoms with Crippen LogP contribution in [0.2, 0.25) is 0 Å². The van der Waals surface area contributed by atoms with E-state index in [9.17, 15) is 4.79 Å². The minimum atomic E-state index is -1.26. The maximum Gasteiger partial charge on any atom is 0.371 e. The Morgan fingerprint density at radius 2 is 1.93 bits per heavy atom. The molecule has 1 aromatic rings. The van der Waals surface area contributed by atoms with E-state index >= 15 is 0 Å². The molecule has 5 heteroatoms. The summed E-state index contributed by atoms with van der Waals surface area (Å²) in [4.78, 5) is 13.8. The number of hydrogen-bond acceptors (Lipinski definition) is 3. The fourth-order valence-electron chi connectivity index (χ4n) is 0.844. The van der Waals surface area contributed by atoms with Gasteiger partial charge in [-0.25, -0.2) is 9.79 Å². The third-order valence-corrected chi connectivity index (χ3v) is 1.59. The van der Waals surface area contributed by atoms with E-state index < -0.39 is 11.8 Å². The van der Waals surface area contributed by atoms with Crippen molar-refractivity contribution in [3.63, 3.8) is 0 Å². The standard InChI is InChI=1S/C10H10N2O3/c11-9(10(14)15)12-6-5-7-1-3-8(13)4-2-7/h1-6,13H,(H2,11,12)(H,14,15)/b6-5+. The number of aliphatic carboxylic acids is 1. The number of aromatic hydroxyl groups is 1. The zero-order chi connectivity index (χ0) is 11.3. The van der Waals surface area contributed by atoms with E-state index in [4.69, 9.17) is 15.9 Å². The van der Waals surface area contributed by atoms with E-state index in [-0.39, 0.29) is 5.75 Å². The number of amidine groups is 1. The first-order valence-electron chi connectivity index (χ1n) is 4.12. The Morgan fingerprint density at radius 3 is 2.47 bits per heavy atom. The zero-order valence-electron chi connectivity index (χ0n) is 7.79. The van der Waals surface area contributed by atoms with Crippen LogP contribution in [-0.2, 0) is 4.79 Å². The molecule has 0 aromatic heterocycles. The van der Waals surface area contributed by atoms with Crippen molar-refractivity contribution >= 4 is 17.9 Å². The molecule has 0 aliphatic carbocycles. The Kier molecular flexibility index (Phi) is 3.45.